The minimum atomic E-state index is -0.304. The van der Waals surface area contributed by atoms with E-state index in [-0.39, 0.29) is 12.1 Å². The first kappa shape index (κ1) is 9.89. The molecule has 0 rings (SSSR count). The van der Waals surface area contributed by atoms with E-state index in [1.54, 1.807) is 0 Å². The Balaban J connectivity index is 3.80. The van der Waals surface area contributed by atoms with Gasteiger partial charge >= 0.3 is 0 Å². The molecule has 0 aliphatic carbocycles. The van der Waals surface area contributed by atoms with Crippen molar-refractivity contribution in [2.24, 2.45) is 17.1 Å². The van der Waals surface area contributed by atoms with Crippen LogP contribution in [0.3, 0.4) is 0 Å². The van der Waals surface area contributed by atoms with Gasteiger partial charge in [-0.25, -0.2) is 0 Å². The number of hydrogen-bond donors (Lipinski definition) is 1. The first-order valence-corrected chi connectivity index (χ1v) is 3.80. The topological polar surface area (TPSA) is 26.0 Å². The second-order valence-corrected chi connectivity index (χ2v) is 3.75. The Labute approximate surface area is 62.8 Å². The van der Waals surface area contributed by atoms with Gasteiger partial charge in [0, 0.05) is 12.0 Å². The highest BCUT2D eigenvalue weighted by Crippen LogP contribution is 2.24. The lowest BCUT2D eigenvalue weighted by Crippen LogP contribution is -2.30. The molecule has 0 aromatic heterocycles. The molecule has 0 radical (unpaired) electrons. The molecule has 1 unspecified atom stereocenters. The highest BCUT2D eigenvalue weighted by atomic mass is 19.1. The van der Waals surface area contributed by atoms with Crippen LogP contribution in [0, 0.1) is 11.3 Å². The maximum Gasteiger partial charge on any atom is 0.0960 e. The van der Waals surface area contributed by atoms with E-state index >= 15 is 0 Å². The maximum absolute atomic E-state index is 12.3. The molecule has 1 atom stereocenters. The van der Waals surface area contributed by atoms with Crippen LogP contribution >= 0.6 is 0 Å². The van der Waals surface area contributed by atoms with Gasteiger partial charge in [0.1, 0.15) is 0 Å². The Kier molecular flexibility index (Phi) is 3.87. The van der Waals surface area contributed by atoms with Gasteiger partial charge in [0.2, 0.25) is 0 Å². The lowest BCUT2D eigenvalue weighted by atomic mass is 9.83. The molecule has 0 saturated heterocycles. The summed E-state index contributed by atoms with van der Waals surface area (Å²) in [4.78, 5) is 0. The van der Waals surface area contributed by atoms with Crippen LogP contribution in [0.25, 0.3) is 0 Å². The summed E-state index contributed by atoms with van der Waals surface area (Å²) in [5.74, 6) is 0.532. The quantitative estimate of drug-likeness (QED) is 0.646. The average molecular weight is 147 g/mol. The second-order valence-electron chi connectivity index (χ2n) is 3.75. The molecule has 2 N–H and O–H groups in total. The molecule has 0 bridgehead atoms. The molecule has 0 aliphatic heterocycles. The van der Waals surface area contributed by atoms with Crippen molar-refractivity contribution < 1.29 is 4.39 Å². The molecule has 62 valence electrons. The van der Waals surface area contributed by atoms with Crippen LogP contribution in [0.1, 0.15) is 27.2 Å². The van der Waals surface area contributed by atoms with Gasteiger partial charge in [-0.1, -0.05) is 20.8 Å². The molecule has 0 fully saturated rings. The van der Waals surface area contributed by atoms with Crippen LogP contribution in [-0.2, 0) is 0 Å². The lowest BCUT2D eigenvalue weighted by Gasteiger charge is -2.25. The third kappa shape index (κ3) is 3.16. The van der Waals surface area contributed by atoms with E-state index in [2.05, 4.69) is 13.8 Å². The molecule has 0 amide bonds. The summed E-state index contributed by atoms with van der Waals surface area (Å²) in [6.07, 6.45) is 0.875. The standard InChI is InChI=1S/C8H18FN/c1-7(2)4-8(3,5-9)6-10/h7H,4-6,10H2,1-3H3. The summed E-state index contributed by atoms with van der Waals surface area (Å²) < 4.78 is 12.3. The van der Waals surface area contributed by atoms with E-state index in [1.807, 2.05) is 6.92 Å². The van der Waals surface area contributed by atoms with Crippen molar-refractivity contribution in [2.75, 3.05) is 13.2 Å². The van der Waals surface area contributed by atoms with Gasteiger partial charge < -0.3 is 5.73 Å². The predicted octanol–water partition coefficient (Wildman–Crippen LogP) is 1.97. The second kappa shape index (κ2) is 3.91. The van der Waals surface area contributed by atoms with E-state index < -0.39 is 0 Å². The molecule has 0 aromatic carbocycles. The maximum atomic E-state index is 12.3. The molecule has 0 aromatic rings. The molecule has 0 spiro atoms. The zero-order chi connectivity index (χ0) is 8.20. The first-order chi connectivity index (χ1) is 4.54. The summed E-state index contributed by atoms with van der Waals surface area (Å²) in [5, 5.41) is 0. The Hall–Kier alpha value is -0.110. The Morgan fingerprint density at radius 3 is 2.10 bits per heavy atom. The highest BCUT2D eigenvalue weighted by Gasteiger charge is 2.23. The molecule has 0 aliphatic rings. The summed E-state index contributed by atoms with van der Waals surface area (Å²) >= 11 is 0. The predicted molar refractivity (Wildman–Crippen MR) is 42.6 cm³/mol. The smallest absolute Gasteiger partial charge is 0.0960 e. The summed E-state index contributed by atoms with van der Waals surface area (Å²) in [6, 6.07) is 0. The Morgan fingerprint density at radius 2 is 2.00 bits per heavy atom. The number of rotatable bonds is 4. The van der Waals surface area contributed by atoms with Crippen molar-refractivity contribution in [2.45, 2.75) is 27.2 Å². The van der Waals surface area contributed by atoms with Gasteiger partial charge in [0.15, 0.2) is 0 Å². The fourth-order valence-corrected chi connectivity index (χ4v) is 1.18. The summed E-state index contributed by atoms with van der Waals surface area (Å²) in [5.41, 5.74) is 5.14. The number of alkyl halides is 1. The van der Waals surface area contributed by atoms with Crippen molar-refractivity contribution >= 4 is 0 Å². The zero-order valence-corrected chi connectivity index (χ0v) is 7.15. The zero-order valence-electron chi connectivity index (χ0n) is 7.15. The van der Waals surface area contributed by atoms with Crippen molar-refractivity contribution in [1.29, 1.82) is 0 Å². The normalized spacial score (nSPS) is 17.4. The molecule has 0 heterocycles. The van der Waals surface area contributed by atoms with E-state index in [9.17, 15) is 4.39 Å². The SMILES string of the molecule is CC(C)CC(C)(CN)CF. The minimum absolute atomic E-state index is 0.284. The lowest BCUT2D eigenvalue weighted by molar-refractivity contribution is 0.198. The minimum Gasteiger partial charge on any atom is -0.330 e. The van der Waals surface area contributed by atoms with Gasteiger partial charge in [-0.05, 0) is 12.3 Å². The molecule has 0 saturated carbocycles. The molecule has 10 heavy (non-hydrogen) atoms. The third-order valence-corrected chi connectivity index (χ3v) is 1.72. The number of halogens is 1. The van der Waals surface area contributed by atoms with Crippen LogP contribution < -0.4 is 5.73 Å². The van der Waals surface area contributed by atoms with Gasteiger partial charge in [-0.2, -0.15) is 0 Å². The van der Waals surface area contributed by atoms with Crippen molar-refractivity contribution in [3.05, 3.63) is 0 Å². The van der Waals surface area contributed by atoms with E-state index in [0.717, 1.165) is 6.42 Å². The molecular weight excluding hydrogens is 129 g/mol. The Bertz CT molecular complexity index is 87.3. The van der Waals surface area contributed by atoms with Crippen molar-refractivity contribution in [3.8, 4) is 0 Å². The van der Waals surface area contributed by atoms with Crippen molar-refractivity contribution in [1.82, 2.24) is 0 Å². The first-order valence-electron chi connectivity index (χ1n) is 3.80. The van der Waals surface area contributed by atoms with E-state index in [4.69, 9.17) is 5.73 Å². The van der Waals surface area contributed by atoms with Crippen LogP contribution in [0.15, 0.2) is 0 Å². The van der Waals surface area contributed by atoms with Gasteiger partial charge in [-0.15, -0.1) is 0 Å². The number of hydrogen-bond acceptors (Lipinski definition) is 1. The molecule has 1 nitrogen and oxygen atoms in total. The molecular formula is C8H18FN. The summed E-state index contributed by atoms with van der Waals surface area (Å²) in [7, 11) is 0. The number of nitrogens with two attached hydrogens (primary N) is 1. The van der Waals surface area contributed by atoms with Crippen LogP contribution in [0.2, 0.25) is 0 Å². The summed E-state index contributed by atoms with van der Waals surface area (Å²) in [6.45, 7) is 6.21. The average Bonchev–Trinajstić information content (AvgIpc) is 1.87. The van der Waals surface area contributed by atoms with Crippen molar-refractivity contribution in [3.63, 3.8) is 0 Å². The van der Waals surface area contributed by atoms with Crippen LogP contribution in [0.4, 0.5) is 4.39 Å². The monoisotopic (exact) mass is 147 g/mol. The van der Waals surface area contributed by atoms with Gasteiger partial charge in [0.05, 0.1) is 6.67 Å². The fraction of sp³-hybridized carbons (Fsp3) is 1.00. The van der Waals surface area contributed by atoms with Gasteiger partial charge in [-0.3, -0.25) is 4.39 Å². The fourth-order valence-electron chi connectivity index (χ4n) is 1.18. The van der Waals surface area contributed by atoms with E-state index in [0.29, 0.717) is 12.5 Å². The van der Waals surface area contributed by atoms with Crippen LogP contribution in [0.5, 0.6) is 0 Å². The Morgan fingerprint density at radius 1 is 1.50 bits per heavy atom. The molecule has 2 heteroatoms. The van der Waals surface area contributed by atoms with E-state index in [1.165, 1.54) is 0 Å². The van der Waals surface area contributed by atoms with Gasteiger partial charge in [0.25, 0.3) is 0 Å². The highest BCUT2D eigenvalue weighted by molar-refractivity contribution is 4.75. The largest absolute Gasteiger partial charge is 0.330 e. The van der Waals surface area contributed by atoms with Crippen LogP contribution in [-0.4, -0.2) is 13.2 Å². The third-order valence-electron chi connectivity index (χ3n) is 1.72.